The second kappa shape index (κ2) is 14.2. The number of hydrogen-bond donors (Lipinski definition) is 1. The minimum atomic E-state index is -4.21. The molecule has 3 aromatic rings. The topological polar surface area (TPSA) is 86.8 Å². The highest BCUT2D eigenvalue weighted by molar-refractivity contribution is 7.92. The maximum atomic E-state index is 14.1. The zero-order chi connectivity index (χ0) is 29.4. The summed E-state index contributed by atoms with van der Waals surface area (Å²) >= 11 is 18.8. The number of nitrogens with zero attached hydrogens (tertiary/aromatic N) is 2. The number of carbonyl (C=O) groups is 2. The number of anilines is 1. The molecule has 0 aliphatic heterocycles. The molecule has 0 saturated heterocycles. The lowest BCUT2D eigenvalue weighted by molar-refractivity contribution is -0.140. The van der Waals surface area contributed by atoms with Gasteiger partial charge in [0.1, 0.15) is 12.6 Å². The van der Waals surface area contributed by atoms with Gasteiger partial charge < -0.3 is 10.2 Å². The SMILES string of the molecule is CCC(C)NC(=O)C(CC)N(Cc1ccccc1Cl)C(=O)CN(c1ccc(Cl)c(Cl)c1)S(=O)(=O)c1ccccc1. The smallest absolute Gasteiger partial charge is 0.264 e. The van der Waals surface area contributed by atoms with E-state index < -0.39 is 28.5 Å². The number of sulfonamides is 1. The number of benzene rings is 3. The van der Waals surface area contributed by atoms with Crippen molar-refractivity contribution in [2.24, 2.45) is 0 Å². The fourth-order valence-corrected chi connectivity index (χ4v) is 5.97. The van der Waals surface area contributed by atoms with Crippen LogP contribution in [0.15, 0.2) is 77.7 Å². The summed E-state index contributed by atoms with van der Waals surface area (Å²) in [6.45, 7) is 5.04. The van der Waals surface area contributed by atoms with E-state index in [9.17, 15) is 18.0 Å². The minimum absolute atomic E-state index is 0.00549. The van der Waals surface area contributed by atoms with Gasteiger partial charge in [-0.3, -0.25) is 13.9 Å². The van der Waals surface area contributed by atoms with Gasteiger partial charge in [0, 0.05) is 17.6 Å². The third-order valence-corrected chi connectivity index (χ3v) is 9.38. The fourth-order valence-electron chi connectivity index (χ4n) is 4.06. The number of halogens is 3. The molecule has 2 amide bonds. The van der Waals surface area contributed by atoms with Crippen molar-refractivity contribution in [3.05, 3.63) is 93.4 Å². The van der Waals surface area contributed by atoms with Crippen molar-refractivity contribution in [1.29, 1.82) is 0 Å². The fraction of sp³-hybridized carbons (Fsp3) is 0.310. The van der Waals surface area contributed by atoms with Gasteiger partial charge in [0.15, 0.2) is 0 Å². The lowest BCUT2D eigenvalue weighted by Crippen LogP contribution is -2.53. The number of nitrogens with one attached hydrogen (secondary N) is 1. The molecule has 3 aromatic carbocycles. The van der Waals surface area contributed by atoms with Crippen LogP contribution in [0, 0.1) is 0 Å². The average molecular weight is 625 g/mol. The molecule has 0 aliphatic rings. The molecule has 0 fully saturated rings. The normalized spacial score (nSPS) is 12.8. The van der Waals surface area contributed by atoms with E-state index in [4.69, 9.17) is 34.8 Å². The summed E-state index contributed by atoms with van der Waals surface area (Å²) in [6, 6.07) is 18.1. The second-order valence-corrected chi connectivity index (χ2v) is 12.4. The van der Waals surface area contributed by atoms with Gasteiger partial charge in [-0.25, -0.2) is 8.42 Å². The maximum Gasteiger partial charge on any atom is 0.264 e. The largest absolute Gasteiger partial charge is 0.352 e. The standard InChI is InChI=1S/C29H32Cl3N3O4S/c1-4-20(3)33-29(37)27(5-2)34(18-21-11-9-10-14-24(21)30)28(36)19-35(22-15-16-25(31)26(32)17-22)40(38,39)23-12-7-6-8-13-23/h6-17,20,27H,4-5,18-19H2,1-3H3,(H,33,37). The Morgan fingerprint density at radius 2 is 1.50 bits per heavy atom. The van der Waals surface area contributed by atoms with Gasteiger partial charge in [-0.1, -0.05) is 85.0 Å². The first kappa shape index (κ1) is 31.7. The molecule has 11 heteroatoms. The van der Waals surface area contributed by atoms with Gasteiger partial charge in [0.05, 0.1) is 20.6 Å². The maximum absolute atomic E-state index is 14.1. The summed E-state index contributed by atoms with van der Waals surface area (Å²) in [5.41, 5.74) is 0.778. The predicted molar refractivity (Wildman–Crippen MR) is 161 cm³/mol. The zero-order valence-corrected chi connectivity index (χ0v) is 25.6. The summed E-state index contributed by atoms with van der Waals surface area (Å²) in [5.74, 6) is -0.916. The predicted octanol–water partition coefficient (Wildman–Crippen LogP) is 6.56. The van der Waals surface area contributed by atoms with E-state index >= 15 is 0 Å². The number of rotatable bonds is 12. The molecular formula is C29H32Cl3N3O4S. The van der Waals surface area contributed by atoms with Gasteiger partial charge in [0.25, 0.3) is 10.0 Å². The first-order valence-electron chi connectivity index (χ1n) is 12.9. The van der Waals surface area contributed by atoms with Crippen LogP contribution in [0.3, 0.4) is 0 Å². The lowest BCUT2D eigenvalue weighted by Gasteiger charge is -2.34. The minimum Gasteiger partial charge on any atom is -0.352 e. The highest BCUT2D eigenvalue weighted by Crippen LogP contribution is 2.31. The summed E-state index contributed by atoms with van der Waals surface area (Å²) in [5, 5.41) is 3.74. The molecule has 40 heavy (non-hydrogen) atoms. The van der Waals surface area contributed by atoms with Crippen LogP contribution >= 0.6 is 34.8 Å². The first-order valence-corrected chi connectivity index (χ1v) is 15.4. The van der Waals surface area contributed by atoms with Crippen molar-refractivity contribution >= 4 is 62.3 Å². The highest BCUT2D eigenvalue weighted by atomic mass is 35.5. The Kier molecular flexibility index (Phi) is 11.3. The van der Waals surface area contributed by atoms with Gasteiger partial charge in [-0.05, 0) is 61.7 Å². The molecule has 2 atom stereocenters. The highest BCUT2D eigenvalue weighted by Gasteiger charge is 2.34. The van der Waals surface area contributed by atoms with Crippen LogP contribution in [-0.2, 0) is 26.2 Å². The van der Waals surface area contributed by atoms with Gasteiger partial charge in [0.2, 0.25) is 11.8 Å². The molecule has 0 bridgehead atoms. The second-order valence-electron chi connectivity index (χ2n) is 9.28. The summed E-state index contributed by atoms with van der Waals surface area (Å²) in [6.07, 6.45) is 1.01. The van der Waals surface area contributed by atoms with Crippen molar-refractivity contribution in [3.8, 4) is 0 Å². The van der Waals surface area contributed by atoms with Crippen molar-refractivity contribution in [2.45, 2.75) is 57.1 Å². The van der Waals surface area contributed by atoms with Crippen LogP contribution in [0.4, 0.5) is 5.69 Å². The molecule has 214 valence electrons. The molecule has 3 rings (SSSR count). The Labute approximate surface area is 251 Å². The van der Waals surface area contributed by atoms with Crippen molar-refractivity contribution in [1.82, 2.24) is 10.2 Å². The Bertz CT molecular complexity index is 1440. The van der Waals surface area contributed by atoms with Crippen LogP contribution in [0.25, 0.3) is 0 Å². The molecule has 0 spiro atoms. The first-order chi connectivity index (χ1) is 19.0. The third kappa shape index (κ3) is 7.69. The Morgan fingerprint density at radius 3 is 2.10 bits per heavy atom. The van der Waals surface area contributed by atoms with Crippen molar-refractivity contribution < 1.29 is 18.0 Å². The Balaban J connectivity index is 2.08. The molecule has 0 heterocycles. The summed E-state index contributed by atoms with van der Waals surface area (Å²) in [4.78, 5) is 28.8. The zero-order valence-electron chi connectivity index (χ0n) is 22.5. The quantitative estimate of drug-likeness (QED) is 0.247. The molecule has 7 nitrogen and oxygen atoms in total. The van der Waals surface area contributed by atoms with Gasteiger partial charge >= 0.3 is 0 Å². The van der Waals surface area contributed by atoms with E-state index in [-0.39, 0.29) is 39.1 Å². The molecule has 0 aromatic heterocycles. The van der Waals surface area contributed by atoms with E-state index in [1.54, 1.807) is 49.4 Å². The molecule has 0 radical (unpaired) electrons. The Morgan fingerprint density at radius 1 is 0.850 bits per heavy atom. The van der Waals surface area contributed by atoms with Gasteiger partial charge in [-0.15, -0.1) is 0 Å². The van der Waals surface area contributed by atoms with Crippen LogP contribution in [-0.4, -0.2) is 43.8 Å². The average Bonchev–Trinajstić information content (AvgIpc) is 2.94. The van der Waals surface area contributed by atoms with Crippen molar-refractivity contribution in [2.75, 3.05) is 10.8 Å². The monoisotopic (exact) mass is 623 g/mol. The van der Waals surface area contributed by atoms with Crippen molar-refractivity contribution in [3.63, 3.8) is 0 Å². The number of carbonyl (C=O) groups excluding carboxylic acids is 2. The van der Waals surface area contributed by atoms with E-state index in [0.29, 0.717) is 23.4 Å². The lowest BCUT2D eigenvalue weighted by atomic mass is 10.1. The van der Waals surface area contributed by atoms with Gasteiger partial charge in [-0.2, -0.15) is 0 Å². The third-order valence-electron chi connectivity index (χ3n) is 6.49. The molecule has 0 aliphatic carbocycles. The van der Waals surface area contributed by atoms with E-state index in [1.807, 2.05) is 13.8 Å². The van der Waals surface area contributed by atoms with Crippen LogP contribution in [0.5, 0.6) is 0 Å². The van der Waals surface area contributed by atoms with E-state index in [2.05, 4.69) is 5.32 Å². The van der Waals surface area contributed by atoms with Crippen LogP contribution in [0.1, 0.15) is 39.2 Å². The molecule has 1 N–H and O–H groups in total. The summed E-state index contributed by atoms with van der Waals surface area (Å²) < 4.78 is 28.6. The molecule has 2 unspecified atom stereocenters. The Hall–Kier alpha value is -2.78. The van der Waals surface area contributed by atoms with Crippen LogP contribution in [0.2, 0.25) is 15.1 Å². The molecule has 0 saturated carbocycles. The number of hydrogen-bond acceptors (Lipinski definition) is 4. The van der Waals surface area contributed by atoms with E-state index in [1.165, 1.54) is 35.2 Å². The van der Waals surface area contributed by atoms with E-state index in [0.717, 1.165) is 4.31 Å². The number of amides is 2. The van der Waals surface area contributed by atoms with Crippen LogP contribution < -0.4 is 9.62 Å². The molecular weight excluding hydrogens is 593 g/mol. The summed E-state index contributed by atoms with van der Waals surface area (Å²) in [7, 11) is -4.21.